The van der Waals surface area contributed by atoms with E-state index in [1.54, 1.807) is 0 Å². The molecule has 0 aliphatic heterocycles. The molecule has 1 heterocycles. The second-order valence-corrected chi connectivity index (χ2v) is 5.47. The van der Waals surface area contributed by atoms with Gasteiger partial charge in [-0.15, -0.1) is 0 Å². The van der Waals surface area contributed by atoms with Crippen LogP contribution in [0.2, 0.25) is 0 Å². The maximum atomic E-state index is 6.09. The molecule has 2 N–H and O–H groups in total. The molecule has 0 fully saturated rings. The molecule has 21 heavy (non-hydrogen) atoms. The average molecular weight is 277 g/mol. The van der Waals surface area contributed by atoms with Gasteiger partial charge in [0.15, 0.2) is 0 Å². The molecule has 0 unspecified atom stereocenters. The van der Waals surface area contributed by atoms with Gasteiger partial charge in [0.05, 0.1) is 12.2 Å². The first-order chi connectivity index (χ1) is 10.1. The van der Waals surface area contributed by atoms with Gasteiger partial charge in [0.1, 0.15) is 5.82 Å². The zero-order valence-corrected chi connectivity index (χ0v) is 12.4. The van der Waals surface area contributed by atoms with Crippen LogP contribution < -0.4 is 5.73 Å². The van der Waals surface area contributed by atoms with Crippen LogP contribution in [-0.4, -0.2) is 9.78 Å². The highest BCUT2D eigenvalue weighted by Gasteiger charge is 2.07. The van der Waals surface area contributed by atoms with E-state index in [0.29, 0.717) is 12.4 Å². The second kappa shape index (κ2) is 5.44. The van der Waals surface area contributed by atoms with Gasteiger partial charge in [-0.3, -0.25) is 0 Å². The van der Waals surface area contributed by atoms with Crippen LogP contribution in [0.1, 0.15) is 16.7 Å². The van der Waals surface area contributed by atoms with Crippen molar-refractivity contribution in [1.29, 1.82) is 0 Å². The summed E-state index contributed by atoms with van der Waals surface area (Å²) in [5.41, 5.74) is 11.8. The van der Waals surface area contributed by atoms with E-state index in [1.165, 1.54) is 16.7 Å². The molecule has 0 radical (unpaired) electrons. The summed E-state index contributed by atoms with van der Waals surface area (Å²) in [7, 11) is 0. The highest BCUT2D eigenvalue weighted by atomic mass is 15.3. The fourth-order valence-electron chi connectivity index (χ4n) is 2.41. The molecule has 106 valence electrons. The molecule has 0 saturated heterocycles. The Hall–Kier alpha value is -2.55. The van der Waals surface area contributed by atoms with Gasteiger partial charge in [-0.2, -0.15) is 5.10 Å². The summed E-state index contributed by atoms with van der Waals surface area (Å²) in [5, 5.41) is 4.63. The number of aromatic nitrogens is 2. The fourth-order valence-corrected chi connectivity index (χ4v) is 2.41. The topological polar surface area (TPSA) is 43.8 Å². The highest BCUT2D eigenvalue weighted by Crippen LogP contribution is 2.21. The van der Waals surface area contributed by atoms with Gasteiger partial charge in [0.2, 0.25) is 0 Å². The van der Waals surface area contributed by atoms with Crippen molar-refractivity contribution in [2.24, 2.45) is 0 Å². The maximum absolute atomic E-state index is 6.09. The van der Waals surface area contributed by atoms with Gasteiger partial charge in [0.25, 0.3) is 0 Å². The lowest BCUT2D eigenvalue weighted by Crippen LogP contribution is -2.05. The van der Waals surface area contributed by atoms with Gasteiger partial charge in [-0.1, -0.05) is 59.7 Å². The monoisotopic (exact) mass is 277 g/mol. The van der Waals surface area contributed by atoms with Gasteiger partial charge >= 0.3 is 0 Å². The second-order valence-electron chi connectivity index (χ2n) is 5.47. The van der Waals surface area contributed by atoms with Gasteiger partial charge < -0.3 is 5.73 Å². The minimum atomic E-state index is 0.687. The van der Waals surface area contributed by atoms with Crippen LogP contribution in [0, 0.1) is 13.8 Å². The maximum Gasteiger partial charge on any atom is 0.122 e. The lowest BCUT2D eigenvalue weighted by Gasteiger charge is -2.05. The Kier molecular flexibility index (Phi) is 3.48. The van der Waals surface area contributed by atoms with Crippen LogP contribution in [-0.2, 0) is 6.54 Å². The molecule has 0 aliphatic rings. The summed E-state index contributed by atoms with van der Waals surface area (Å²) < 4.78 is 1.85. The Balaban J connectivity index is 1.89. The molecule has 3 nitrogen and oxygen atoms in total. The number of nitrogen functional groups attached to an aromatic ring is 1. The summed E-state index contributed by atoms with van der Waals surface area (Å²) in [5.74, 6) is 0.687. The predicted octanol–water partition coefficient (Wildman–Crippen LogP) is 3.80. The smallest absolute Gasteiger partial charge is 0.122 e. The first-order valence-electron chi connectivity index (χ1n) is 7.08. The number of nitrogens with two attached hydrogens (primary N) is 1. The standard InChI is InChI=1S/C18H19N3/c1-13-6-8-16(9-7-13)17-11-18(19)21(20-17)12-15-5-3-4-14(2)10-15/h3-11H,12,19H2,1-2H3. The Morgan fingerprint density at radius 1 is 0.952 bits per heavy atom. The fraction of sp³-hybridized carbons (Fsp3) is 0.167. The third-order valence-corrected chi connectivity index (χ3v) is 3.57. The molecule has 0 atom stereocenters. The number of rotatable bonds is 3. The Labute approximate surface area is 125 Å². The van der Waals surface area contributed by atoms with Crippen molar-refractivity contribution in [3.63, 3.8) is 0 Å². The van der Waals surface area contributed by atoms with Crippen LogP contribution in [0.5, 0.6) is 0 Å². The summed E-state index contributed by atoms with van der Waals surface area (Å²) in [6, 6.07) is 18.7. The molecular weight excluding hydrogens is 258 g/mol. The molecule has 3 rings (SSSR count). The van der Waals surface area contributed by atoms with E-state index in [0.717, 1.165) is 11.3 Å². The van der Waals surface area contributed by atoms with Crippen molar-refractivity contribution < 1.29 is 0 Å². The lowest BCUT2D eigenvalue weighted by atomic mass is 10.1. The number of nitrogens with zero attached hydrogens (tertiary/aromatic N) is 2. The zero-order chi connectivity index (χ0) is 14.8. The van der Waals surface area contributed by atoms with Crippen molar-refractivity contribution in [1.82, 2.24) is 9.78 Å². The lowest BCUT2D eigenvalue weighted by molar-refractivity contribution is 0.699. The molecule has 3 heteroatoms. The predicted molar refractivity (Wildman–Crippen MR) is 87.1 cm³/mol. The van der Waals surface area contributed by atoms with Crippen molar-refractivity contribution >= 4 is 5.82 Å². The summed E-state index contributed by atoms with van der Waals surface area (Å²) in [4.78, 5) is 0. The van der Waals surface area contributed by atoms with Crippen molar-refractivity contribution in [2.75, 3.05) is 5.73 Å². The summed E-state index contributed by atoms with van der Waals surface area (Å²) in [6.07, 6.45) is 0. The van der Waals surface area contributed by atoms with Crippen LogP contribution in [0.4, 0.5) is 5.82 Å². The number of hydrogen-bond donors (Lipinski definition) is 1. The van der Waals surface area contributed by atoms with Crippen LogP contribution in [0.3, 0.4) is 0 Å². The molecule has 3 aromatic rings. The number of anilines is 1. The summed E-state index contributed by atoms with van der Waals surface area (Å²) in [6.45, 7) is 4.86. The van der Waals surface area contributed by atoms with Gasteiger partial charge in [-0.05, 0) is 19.4 Å². The molecule has 0 amide bonds. The molecule has 0 spiro atoms. The van der Waals surface area contributed by atoms with E-state index in [1.807, 2.05) is 10.7 Å². The Bertz CT molecular complexity index is 754. The Morgan fingerprint density at radius 2 is 1.71 bits per heavy atom. The van der Waals surface area contributed by atoms with Gasteiger partial charge in [-0.25, -0.2) is 4.68 Å². The quantitative estimate of drug-likeness (QED) is 0.791. The molecule has 1 aromatic heterocycles. The normalized spacial score (nSPS) is 10.8. The zero-order valence-electron chi connectivity index (χ0n) is 12.4. The number of aryl methyl sites for hydroxylation is 2. The van der Waals surface area contributed by atoms with Crippen LogP contribution in [0.15, 0.2) is 54.6 Å². The van der Waals surface area contributed by atoms with Gasteiger partial charge in [0, 0.05) is 11.6 Å². The first-order valence-corrected chi connectivity index (χ1v) is 7.08. The van der Waals surface area contributed by atoms with E-state index < -0.39 is 0 Å². The van der Waals surface area contributed by atoms with Crippen molar-refractivity contribution in [3.05, 3.63) is 71.3 Å². The van der Waals surface area contributed by atoms with E-state index in [9.17, 15) is 0 Å². The first kappa shape index (κ1) is 13.4. The van der Waals surface area contributed by atoms with Crippen LogP contribution >= 0.6 is 0 Å². The van der Waals surface area contributed by atoms with Crippen LogP contribution in [0.25, 0.3) is 11.3 Å². The summed E-state index contributed by atoms with van der Waals surface area (Å²) >= 11 is 0. The largest absolute Gasteiger partial charge is 0.384 e. The number of hydrogen-bond acceptors (Lipinski definition) is 2. The number of benzene rings is 2. The SMILES string of the molecule is Cc1ccc(-c2cc(N)n(Cc3cccc(C)c3)n2)cc1. The molecule has 2 aromatic carbocycles. The Morgan fingerprint density at radius 3 is 2.43 bits per heavy atom. The molecule has 0 saturated carbocycles. The average Bonchev–Trinajstić information content (AvgIpc) is 2.81. The third kappa shape index (κ3) is 2.97. The molecular formula is C18H19N3. The van der Waals surface area contributed by atoms with Crippen molar-refractivity contribution in [3.8, 4) is 11.3 Å². The van der Waals surface area contributed by atoms with E-state index in [-0.39, 0.29) is 0 Å². The van der Waals surface area contributed by atoms with E-state index in [2.05, 4.69) is 67.5 Å². The van der Waals surface area contributed by atoms with E-state index >= 15 is 0 Å². The van der Waals surface area contributed by atoms with E-state index in [4.69, 9.17) is 5.73 Å². The molecule has 0 bridgehead atoms. The highest BCUT2D eigenvalue weighted by molar-refractivity contribution is 5.62. The minimum Gasteiger partial charge on any atom is -0.384 e. The minimum absolute atomic E-state index is 0.687. The third-order valence-electron chi connectivity index (χ3n) is 3.57. The molecule has 0 aliphatic carbocycles. The van der Waals surface area contributed by atoms with Crippen molar-refractivity contribution in [2.45, 2.75) is 20.4 Å².